The molecule has 4 heterocycles. The third-order valence-corrected chi connectivity index (χ3v) is 17.9. The third-order valence-electron chi connectivity index (χ3n) is 16.4. The molecule has 71 heavy (non-hydrogen) atoms. The lowest BCUT2D eigenvalue weighted by atomic mass is 9.36. The van der Waals surface area contributed by atoms with Crippen molar-refractivity contribution < 1.29 is 4.74 Å². The highest BCUT2D eigenvalue weighted by molar-refractivity contribution is 7.33. The fourth-order valence-electron chi connectivity index (χ4n) is 12.1. The van der Waals surface area contributed by atoms with Gasteiger partial charge in [0.15, 0.2) is 11.5 Å². The molecule has 1 N–H and O–H groups in total. The van der Waals surface area contributed by atoms with E-state index < -0.39 is 0 Å². The van der Waals surface area contributed by atoms with Crippen molar-refractivity contribution in [3.05, 3.63) is 172 Å². The van der Waals surface area contributed by atoms with Gasteiger partial charge in [-0.3, -0.25) is 0 Å². The van der Waals surface area contributed by atoms with Gasteiger partial charge >= 0.3 is 0 Å². The van der Waals surface area contributed by atoms with Gasteiger partial charge < -0.3 is 19.9 Å². The van der Waals surface area contributed by atoms with Crippen LogP contribution in [0.25, 0.3) is 10.1 Å². The Bertz CT molecular complexity index is 3480. The number of benzene rings is 7. The summed E-state index contributed by atoms with van der Waals surface area (Å²) in [5, 5.41) is 5.60. The molecule has 1 aromatic heterocycles. The van der Waals surface area contributed by atoms with Gasteiger partial charge in [0.05, 0.1) is 17.1 Å². The second kappa shape index (κ2) is 15.8. The summed E-state index contributed by atoms with van der Waals surface area (Å²) in [6, 6.07) is 50.3. The molecule has 0 radical (unpaired) electrons. The van der Waals surface area contributed by atoms with E-state index in [0.29, 0.717) is 0 Å². The Labute approximate surface area is 431 Å². The van der Waals surface area contributed by atoms with Crippen LogP contribution in [0, 0.1) is 0 Å². The molecule has 0 saturated carbocycles. The summed E-state index contributed by atoms with van der Waals surface area (Å²) in [5.41, 5.74) is 19.8. The standard InChI is InChI=1S/C64H65BClN3OS/c1-60(2,3)39-18-23-43(24-19-39)68-51-28-22-41(61(4,5)6)32-48(51)65-57-52(68)33-42(66)34-53(57)69(58-45-35-46-47(36-56(45)71-59(58)65)63(9,10)30-29-62(46,7)8)44-25-20-40(21-26-44)64(11,12)37-38-17-27-50-55(31-38)70-54-16-14-13-15-49(54)67-50/h13-28,31-36,67H,29-30,37H2,1-12H3. The van der Waals surface area contributed by atoms with Gasteiger partial charge in [0.2, 0.25) is 0 Å². The Kier molecular flexibility index (Phi) is 10.3. The molecule has 0 bridgehead atoms. The maximum absolute atomic E-state index is 7.49. The molecular weight excluding hydrogens is 905 g/mol. The van der Waals surface area contributed by atoms with Crippen molar-refractivity contribution >= 4 is 101 Å². The van der Waals surface area contributed by atoms with E-state index >= 15 is 0 Å². The zero-order chi connectivity index (χ0) is 49.7. The number of nitrogens with zero attached hydrogens (tertiary/aromatic N) is 2. The van der Waals surface area contributed by atoms with E-state index in [1.807, 2.05) is 29.5 Å². The van der Waals surface area contributed by atoms with Crippen LogP contribution in [-0.2, 0) is 33.5 Å². The Morgan fingerprint density at radius 2 is 1.20 bits per heavy atom. The van der Waals surface area contributed by atoms with Gasteiger partial charge in [-0.15, -0.1) is 11.3 Å². The van der Waals surface area contributed by atoms with Crippen LogP contribution in [0.5, 0.6) is 11.5 Å². The van der Waals surface area contributed by atoms with E-state index in [4.69, 9.17) is 16.3 Å². The number of anilines is 8. The van der Waals surface area contributed by atoms with Gasteiger partial charge in [-0.1, -0.05) is 149 Å². The lowest BCUT2D eigenvalue weighted by Crippen LogP contribution is -2.60. The van der Waals surface area contributed by atoms with Gasteiger partial charge in [0.1, 0.15) is 0 Å². The predicted octanol–water partition coefficient (Wildman–Crippen LogP) is 17.0. The van der Waals surface area contributed by atoms with Gasteiger partial charge in [-0.05, 0) is 170 Å². The molecule has 0 spiro atoms. The van der Waals surface area contributed by atoms with E-state index in [1.54, 1.807) is 0 Å². The Morgan fingerprint density at radius 1 is 0.606 bits per heavy atom. The number of thiophene rings is 1. The van der Waals surface area contributed by atoms with Crippen molar-refractivity contribution in [1.29, 1.82) is 0 Å². The molecule has 4 nitrogen and oxygen atoms in total. The lowest BCUT2D eigenvalue weighted by molar-refractivity contribution is 0.332. The van der Waals surface area contributed by atoms with Crippen LogP contribution in [0.4, 0.5) is 45.5 Å². The number of nitrogens with one attached hydrogen (secondary N) is 1. The van der Waals surface area contributed by atoms with Crippen LogP contribution in [0.15, 0.2) is 133 Å². The molecule has 3 aliphatic heterocycles. The number of ether oxygens (including phenoxy) is 1. The minimum Gasteiger partial charge on any atom is -0.453 e. The Hall–Kier alpha value is -5.95. The van der Waals surface area contributed by atoms with E-state index in [0.717, 1.165) is 63.5 Å². The minimum absolute atomic E-state index is 0.00356. The molecule has 0 saturated heterocycles. The predicted molar refractivity (Wildman–Crippen MR) is 307 cm³/mol. The number of para-hydroxylation sites is 2. The highest BCUT2D eigenvalue weighted by atomic mass is 35.5. The zero-order valence-electron chi connectivity index (χ0n) is 43.5. The number of fused-ring (bicyclic) bond motifs is 9. The second-order valence-corrected chi connectivity index (χ2v) is 26.4. The number of hydrogen-bond acceptors (Lipinski definition) is 5. The van der Waals surface area contributed by atoms with Gasteiger partial charge in [-0.2, -0.15) is 0 Å². The van der Waals surface area contributed by atoms with Gasteiger partial charge in [-0.25, -0.2) is 0 Å². The quantitative estimate of drug-likeness (QED) is 0.174. The SMILES string of the molecule is CC(C)(C)c1ccc(N2c3ccc(C(C)(C)C)cc3B3c4sc5cc6c(cc5c4N(c4ccc(C(C)(C)Cc5ccc7c(c5)Oc5ccccc5N7)cc4)c4cc(Cl)cc2c43)C(C)(C)CCC6(C)C)cc1. The minimum atomic E-state index is -0.163. The maximum atomic E-state index is 7.49. The first-order valence-electron chi connectivity index (χ1n) is 25.6. The molecule has 0 fully saturated rings. The molecule has 0 atom stereocenters. The molecule has 7 heteroatoms. The number of rotatable bonds is 5. The van der Waals surface area contributed by atoms with Crippen LogP contribution in [-0.4, -0.2) is 6.71 Å². The Balaban J connectivity index is 1.04. The van der Waals surface area contributed by atoms with E-state index in [-0.39, 0.29) is 33.8 Å². The van der Waals surface area contributed by atoms with Crippen LogP contribution < -0.4 is 35.6 Å². The smallest absolute Gasteiger partial charge is 0.264 e. The third kappa shape index (κ3) is 7.52. The molecule has 0 amide bonds. The maximum Gasteiger partial charge on any atom is 0.264 e. The van der Waals surface area contributed by atoms with Crippen LogP contribution in [0.3, 0.4) is 0 Å². The lowest BCUT2D eigenvalue weighted by Gasteiger charge is -2.44. The average molecular weight is 971 g/mol. The molecule has 7 aromatic carbocycles. The first kappa shape index (κ1) is 46.1. The second-order valence-electron chi connectivity index (χ2n) is 24.9. The van der Waals surface area contributed by atoms with Crippen molar-refractivity contribution in [3.8, 4) is 11.5 Å². The van der Waals surface area contributed by atoms with E-state index in [2.05, 4.69) is 213 Å². The van der Waals surface area contributed by atoms with Crippen molar-refractivity contribution in [2.24, 2.45) is 0 Å². The molecule has 8 aromatic rings. The molecule has 358 valence electrons. The van der Waals surface area contributed by atoms with E-state index in [1.165, 1.54) is 77.0 Å². The van der Waals surface area contributed by atoms with Gasteiger partial charge in [0, 0.05) is 48.3 Å². The molecule has 0 unspecified atom stereocenters. The van der Waals surface area contributed by atoms with Gasteiger partial charge in [0.25, 0.3) is 6.71 Å². The summed E-state index contributed by atoms with van der Waals surface area (Å²) in [7, 11) is 0. The summed E-state index contributed by atoms with van der Waals surface area (Å²) in [5.74, 6) is 1.72. The fraction of sp³-hybridized carbons (Fsp3) is 0.312. The first-order chi connectivity index (χ1) is 33.6. The average Bonchev–Trinajstić information content (AvgIpc) is 3.69. The van der Waals surface area contributed by atoms with Crippen LogP contribution in [0.1, 0.15) is 129 Å². The fourth-order valence-corrected chi connectivity index (χ4v) is 13.6. The van der Waals surface area contributed by atoms with E-state index in [9.17, 15) is 0 Å². The summed E-state index contributed by atoms with van der Waals surface area (Å²) in [6.07, 6.45) is 3.20. The first-order valence-corrected chi connectivity index (χ1v) is 26.8. The summed E-state index contributed by atoms with van der Waals surface area (Å²) in [4.78, 5) is 5.06. The highest BCUT2D eigenvalue weighted by Crippen LogP contribution is 2.53. The number of hydrogen-bond donors (Lipinski definition) is 1. The van der Waals surface area contributed by atoms with Crippen molar-refractivity contribution in [2.45, 2.75) is 129 Å². The zero-order valence-corrected chi connectivity index (χ0v) is 45.1. The molecular formula is C64H65BClN3OS. The largest absolute Gasteiger partial charge is 0.453 e. The van der Waals surface area contributed by atoms with Crippen molar-refractivity contribution in [1.82, 2.24) is 0 Å². The van der Waals surface area contributed by atoms with Crippen LogP contribution in [0.2, 0.25) is 5.02 Å². The summed E-state index contributed by atoms with van der Waals surface area (Å²) in [6.45, 7) is 28.4. The normalized spacial score (nSPS) is 16.3. The molecule has 1 aliphatic carbocycles. The van der Waals surface area contributed by atoms with Crippen LogP contribution >= 0.6 is 22.9 Å². The summed E-state index contributed by atoms with van der Waals surface area (Å²) >= 11 is 9.49. The number of halogens is 1. The van der Waals surface area contributed by atoms with Crippen molar-refractivity contribution in [3.63, 3.8) is 0 Å². The highest BCUT2D eigenvalue weighted by Gasteiger charge is 2.47. The monoisotopic (exact) mass is 969 g/mol. The Morgan fingerprint density at radius 3 is 1.87 bits per heavy atom. The molecule has 12 rings (SSSR count). The topological polar surface area (TPSA) is 27.7 Å². The molecule has 4 aliphatic rings. The summed E-state index contributed by atoms with van der Waals surface area (Å²) < 4.78 is 9.14. The van der Waals surface area contributed by atoms with Crippen molar-refractivity contribution in [2.75, 3.05) is 15.1 Å².